The zero-order valence-corrected chi connectivity index (χ0v) is 13.6. The van der Waals surface area contributed by atoms with Crippen LogP contribution in [0.15, 0.2) is 58.3 Å². The lowest BCUT2D eigenvalue weighted by Gasteiger charge is -2.17. The summed E-state index contributed by atoms with van der Waals surface area (Å²) >= 11 is 1.72. The third kappa shape index (κ3) is 4.44. The predicted octanol–water partition coefficient (Wildman–Crippen LogP) is 5.68. The molecule has 0 heterocycles. The maximum absolute atomic E-state index is 9.32. The van der Waals surface area contributed by atoms with Gasteiger partial charge in [-0.2, -0.15) is 0 Å². The van der Waals surface area contributed by atoms with Crippen LogP contribution in [0.1, 0.15) is 38.5 Å². The highest BCUT2D eigenvalue weighted by molar-refractivity contribution is 7.99. The van der Waals surface area contributed by atoms with Gasteiger partial charge >= 0.3 is 0 Å². The second-order valence-corrected chi connectivity index (χ2v) is 7.10. The molecule has 1 saturated carbocycles. The second kappa shape index (κ2) is 7.59. The molecule has 0 radical (unpaired) electrons. The molecular weight excluding hydrogens is 290 g/mol. The third-order valence-electron chi connectivity index (χ3n) is 4.15. The van der Waals surface area contributed by atoms with Crippen molar-refractivity contribution in [3.05, 3.63) is 48.5 Å². The van der Waals surface area contributed by atoms with Crippen LogP contribution >= 0.6 is 11.8 Å². The average Bonchev–Trinajstić information content (AvgIpc) is 2.80. The number of phenols is 1. The molecule has 0 amide bonds. The van der Waals surface area contributed by atoms with Crippen LogP contribution < -0.4 is 5.32 Å². The molecule has 0 bridgehead atoms. The van der Waals surface area contributed by atoms with Crippen LogP contribution in [0.2, 0.25) is 0 Å². The van der Waals surface area contributed by atoms with Crippen molar-refractivity contribution in [1.82, 2.24) is 0 Å². The van der Waals surface area contributed by atoms with Crippen LogP contribution in [0.3, 0.4) is 0 Å². The van der Waals surface area contributed by atoms with E-state index in [1.54, 1.807) is 23.9 Å². The van der Waals surface area contributed by atoms with E-state index in [0.717, 1.165) is 4.90 Å². The topological polar surface area (TPSA) is 32.3 Å². The van der Waals surface area contributed by atoms with Gasteiger partial charge in [-0.25, -0.2) is 0 Å². The molecule has 2 N–H and O–H groups in total. The van der Waals surface area contributed by atoms with E-state index in [2.05, 4.69) is 29.6 Å². The maximum atomic E-state index is 9.32. The van der Waals surface area contributed by atoms with Gasteiger partial charge in [0.15, 0.2) is 0 Å². The lowest BCUT2D eigenvalue weighted by molar-refractivity contribution is 0.475. The highest BCUT2D eigenvalue weighted by Gasteiger charge is 2.11. The number of hydrogen-bond acceptors (Lipinski definition) is 3. The van der Waals surface area contributed by atoms with Crippen molar-refractivity contribution in [3.63, 3.8) is 0 Å². The van der Waals surface area contributed by atoms with E-state index < -0.39 is 0 Å². The molecule has 116 valence electrons. The molecule has 1 fully saturated rings. The van der Waals surface area contributed by atoms with Crippen LogP contribution in [-0.2, 0) is 0 Å². The Morgan fingerprint density at radius 2 is 1.32 bits per heavy atom. The minimum atomic E-state index is 0.312. The average molecular weight is 313 g/mol. The number of benzene rings is 2. The molecule has 0 aliphatic heterocycles. The first kappa shape index (κ1) is 15.3. The van der Waals surface area contributed by atoms with Crippen molar-refractivity contribution in [2.24, 2.45) is 0 Å². The van der Waals surface area contributed by atoms with Crippen LogP contribution in [0.5, 0.6) is 5.75 Å². The lowest BCUT2D eigenvalue weighted by Crippen LogP contribution is -2.17. The van der Waals surface area contributed by atoms with E-state index in [0.29, 0.717) is 11.8 Å². The molecule has 1 aliphatic rings. The number of nitrogens with one attached hydrogen (secondary N) is 1. The smallest absolute Gasteiger partial charge is 0.115 e. The van der Waals surface area contributed by atoms with Crippen molar-refractivity contribution in [3.8, 4) is 5.75 Å². The van der Waals surface area contributed by atoms with Gasteiger partial charge in [-0.15, -0.1) is 0 Å². The fourth-order valence-electron chi connectivity index (χ4n) is 2.93. The Kier molecular flexibility index (Phi) is 5.28. The quantitative estimate of drug-likeness (QED) is 0.712. The highest BCUT2D eigenvalue weighted by atomic mass is 32.2. The highest BCUT2D eigenvalue weighted by Crippen LogP contribution is 2.30. The van der Waals surface area contributed by atoms with Crippen LogP contribution in [0, 0.1) is 0 Å². The third-order valence-corrected chi connectivity index (χ3v) is 5.17. The van der Waals surface area contributed by atoms with E-state index in [9.17, 15) is 5.11 Å². The summed E-state index contributed by atoms with van der Waals surface area (Å²) in [4.78, 5) is 2.36. The molecule has 2 nitrogen and oxygen atoms in total. The van der Waals surface area contributed by atoms with Gasteiger partial charge in [0.2, 0.25) is 0 Å². The first-order valence-electron chi connectivity index (χ1n) is 8.13. The van der Waals surface area contributed by atoms with Gasteiger partial charge in [0.1, 0.15) is 5.75 Å². The van der Waals surface area contributed by atoms with Crippen molar-refractivity contribution < 1.29 is 5.11 Å². The van der Waals surface area contributed by atoms with Gasteiger partial charge < -0.3 is 10.4 Å². The second-order valence-electron chi connectivity index (χ2n) is 5.95. The molecule has 0 atom stereocenters. The summed E-state index contributed by atoms with van der Waals surface area (Å²) in [7, 11) is 0. The summed E-state index contributed by atoms with van der Waals surface area (Å²) in [5.74, 6) is 0.312. The van der Waals surface area contributed by atoms with Gasteiger partial charge in [0.05, 0.1) is 0 Å². The Balaban J connectivity index is 1.58. The number of anilines is 1. The van der Waals surface area contributed by atoms with Gasteiger partial charge in [0.25, 0.3) is 0 Å². The summed E-state index contributed by atoms with van der Waals surface area (Å²) < 4.78 is 0. The fraction of sp³-hybridized carbons (Fsp3) is 0.368. The van der Waals surface area contributed by atoms with Crippen LogP contribution in [-0.4, -0.2) is 11.1 Å². The first-order valence-corrected chi connectivity index (χ1v) is 8.95. The number of phenolic OH excluding ortho intramolecular Hbond substituents is 1. The molecule has 0 unspecified atom stereocenters. The summed E-state index contributed by atoms with van der Waals surface area (Å²) in [5.41, 5.74) is 1.22. The zero-order valence-electron chi connectivity index (χ0n) is 12.8. The monoisotopic (exact) mass is 313 g/mol. The lowest BCUT2D eigenvalue weighted by atomic mass is 10.1. The standard InChI is InChI=1S/C19H23NOS/c21-17-9-13-19(14-10-17)22-18-11-7-16(8-12-18)20-15-5-3-1-2-4-6-15/h7-15,20-21H,1-6H2. The Bertz CT molecular complexity index is 571. The molecular formula is C19H23NOS. The van der Waals surface area contributed by atoms with Crippen molar-refractivity contribution in [1.29, 1.82) is 0 Å². The SMILES string of the molecule is Oc1ccc(Sc2ccc(NC3CCCCCC3)cc2)cc1. The molecule has 2 aromatic carbocycles. The normalized spacial score (nSPS) is 16.2. The van der Waals surface area contributed by atoms with Gasteiger partial charge in [-0.3, -0.25) is 0 Å². The molecule has 0 saturated heterocycles. The maximum Gasteiger partial charge on any atom is 0.115 e. The Hall–Kier alpha value is -1.61. The minimum absolute atomic E-state index is 0.312. The molecule has 0 spiro atoms. The van der Waals surface area contributed by atoms with Gasteiger partial charge in [-0.1, -0.05) is 37.4 Å². The molecule has 22 heavy (non-hydrogen) atoms. The number of aromatic hydroxyl groups is 1. The fourth-order valence-corrected chi connectivity index (χ4v) is 3.75. The van der Waals surface area contributed by atoms with Crippen LogP contribution in [0.25, 0.3) is 0 Å². The Morgan fingerprint density at radius 1 is 0.773 bits per heavy atom. The van der Waals surface area contributed by atoms with E-state index in [-0.39, 0.29) is 0 Å². The van der Waals surface area contributed by atoms with Crippen molar-refractivity contribution >= 4 is 17.4 Å². The van der Waals surface area contributed by atoms with E-state index in [4.69, 9.17) is 0 Å². The number of rotatable bonds is 4. The molecule has 3 heteroatoms. The summed E-state index contributed by atoms with van der Waals surface area (Å²) in [5, 5.41) is 13.0. The van der Waals surface area contributed by atoms with Gasteiger partial charge in [0, 0.05) is 21.5 Å². The Labute approximate surface area is 137 Å². The largest absolute Gasteiger partial charge is 0.508 e. The zero-order chi connectivity index (χ0) is 15.2. The summed E-state index contributed by atoms with van der Waals surface area (Å²) in [6.45, 7) is 0. The first-order chi connectivity index (χ1) is 10.8. The van der Waals surface area contributed by atoms with E-state index in [1.807, 2.05) is 12.1 Å². The molecule has 0 aromatic heterocycles. The van der Waals surface area contributed by atoms with E-state index in [1.165, 1.54) is 49.1 Å². The minimum Gasteiger partial charge on any atom is -0.508 e. The van der Waals surface area contributed by atoms with E-state index >= 15 is 0 Å². The predicted molar refractivity (Wildman–Crippen MR) is 93.8 cm³/mol. The van der Waals surface area contributed by atoms with Gasteiger partial charge in [-0.05, 0) is 61.4 Å². The molecule has 2 aromatic rings. The number of hydrogen-bond donors (Lipinski definition) is 2. The van der Waals surface area contributed by atoms with Crippen LogP contribution in [0.4, 0.5) is 5.69 Å². The molecule has 1 aliphatic carbocycles. The molecule has 3 rings (SSSR count). The summed E-state index contributed by atoms with van der Waals surface area (Å²) in [6.07, 6.45) is 8.08. The van der Waals surface area contributed by atoms with Crippen molar-refractivity contribution in [2.75, 3.05) is 5.32 Å². The Morgan fingerprint density at radius 3 is 1.91 bits per heavy atom. The summed E-state index contributed by atoms with van der Waals surface area (Å²) in [6, 6.07) is 16.6. The van der Waals surface area contributed by atoms with Crippen molar-refractivity contribution in [2.45, 2.75) is 54.4 Å².